The van der Waals surface area contributed by atoms with Crippen molar-refractivity contribution >= 4 is 25.1 Å². The van der Waals surface area contributed by atoms with E-state index in [0.717, 1.165) is 34.0 Å². The Morgan fingerprint density at radius 2 is 1.73 bits per heavy atom. The number of rotatable bonds is 5. The van der Waals surface area contributed by atoms with Gasteiger partial charge in [-0.3, -0.25) is 4.79 Å². The molecule has 1 atom stereocenters. The van der Waals surface area contributed by atoms with Gasteiger partial charge in [0.05, 0.1) is 14.5 Å². The van der Waals surface area contributed by atoms with Crippen molar-refractivity contribution < 1.29 is 19.8 Å². The lowest BCUT2D eigenvalue weighted by atomic mass is 9.86. The van der Waals surface area contributed by atoms with Gasteiger partial charge in [0.15, 0.2) is 6.10 Å². The first-order valence-corrected chi connectivity index (χ1v) is 12.7. The maximum absolute atomic E-state index is 12.6. The summed E-state index contributed by atoms with van der Waals surface area (Å²) in [5.74, 6) is -0.771. The van der Waals surface area contributed by atoms with Crippen molar-refractivity contribution in [3.63, 3.8) is 0 Å². The van der Waals surface area contributed by atoms with Crippen LogP contribution in [0.5, 0.6) is 0 Å². The predicted octanol–water partition coefficient (Wildman–Crippen LogP) is 2.51. The molecule has 0 radical (unpaired) electrons. The van der Waals surface area contributed by atoms with E-state index in [2.05, 4.69) is 33.5 Å². The number of carbonyl (C=O) groups is 2. The predicted molar refractivity (Wildman–Crippen MR) is 105 cm³/mol. The Balaban J connectivity index is 2.74. The fourth-order valence-corrected chi connectivity index (χ4v) is 6.60. The van der Waals surface area contributed by atoms with Crippen LogP contribution in [0, 0.1) is 19.8 Å². The molecule has 0 bridgehead atoms. The number of aliphatic hydroxyl groups excluding tert-OH is 1. The van der Waals surface area contributed by atoms with E-state index in [1.807, 2.05) is 18.7 Å². The number of carbonyl (C=O) groups excluding carboxylic acids is 1. The van der Waals surface area contributed by atoms with E-state index in [0.29, 0.717) is 18.0 Å². The van der Waals surface area contributed by atoms with Crippen LogP contribution in [0.4, 0.5) is 0 Å². The average Bonchev–Trinajstić information content (AvgIpc) is 2.49. The topological polar surface area (TPSA) is 77.8 Å². The SMILES string of the molecule is Cc1c2c(c(C)c([Si](C)(C)C)c1[C@H](O)C(=O)O)CN(CC(C)C)C(=O)C2. The number of carboxylic acid groups (broad SMARTS) is 1. The second-order valence-corrected chi connectivity index (χ2v) is 13.8. The van der Waals surface area contributed by atoms with Gasteiger partial charge in [-0.25, -0.2) is 4.79 Å². The molecule has 0 saturated carbocycles. The highest BCUT2D eigenvalue weighted by atomic mass is 28.3. The van der Waals surface area contributed by atoms with Crippen LogP contribution in [-0.4, -0.2) is 41.6 Å². The van der Waals surface area contributed by atoms with E-state index in [-0.39, 0.29) is 12.3 Å². The Bertz CT molecular complexity index is 749. The molecule has 0 saturated heterocycles. The van der Waals surface area contributed by atoms with Gasteiger partial charge in [-0.15, -0.1) is 0 Å². The van der Waals surface area contributed by atoms with E-state index in [1.165, 1.54) is 0 Å². The van der Waals surface area contributed by atoms with Gasteiger partial charge in [0.1, 0.15) is 0 Å². The van der Waals surface area contributed by atoms with Crippen molar-refractivity contribution in [3.8, 4) is 0 Å². The Hall–Kier alpha value is -1.66. The largest absolute Gasteiger partial charge is 0.479 e. The zero-order valence-electron chi connectivity index (χ0n) is 16.9. The molecule has 1 aromatic carbocycles. The molecule has 1 aliphatic heterocycles. The summed E-state index contributed by atoms with van der Waals surface area (Å²) in [7, 11) is -1.92. The van der Waals surface area contributed by atoms with E-state index in [9.17, 15) is 19.8 Å². The second-order valence-electron chi connectivity index (χ2n) is 8.83. The molecule has 144 valence electrons. The summed E-state index contributed by atoms with van der Waals surface area (Å²) in [5, 5.41) is 20.9. The quantitative estimate of drug-likeness (QED) is 0.773. The molecule has 2 N–H and O–H groups in total. The van der Waals surface area contributed by atoms with Crippen LogP contribution in [0.3, 0.4) is 0 Å². The van der Waals surface area contributed by atoms with Gasteiger partial charge in [-0.05, 0) is 47.6 Å². The number of nitrogens with zero attached hydrogens (tertiary/aromatic N) is 1. The third-order valence-corrected chi connectivity index (χ3v) is 7.33. The third kappa shape index (κ3) is 3.71. The fourth-order valence-electron chi connectivity index (χ4n) is 4.19. The van der Waals surface area contributed by atoms with Crippen molar-refractivity contribution in [2.24, 2.45) is 5.92 Å². The number of aliphatic carboxylic acids is 1. The molecule has 0 aliphatic carbocycles. The van der Waals surface area contributed by atoms with Crippen molar-refractivity contribution in [3.05, 3.63) is 27.8 Å². The van der Waals surface area contributed by atoms with Crippen LogP contribution < -0.4 is 5.19 Å². The summed E-state index contributed by atoms with van der Waals surface area (Å²) in [6, 6.07) is 0. The van der Waals surface area contributed by atoms with Gasteiger partial charge in [-0.1, -0.05) is 38.7 Å². The minimum Gasteiger partial charge on any atom is -0.479 e. The summed E-state index contributed by atoms with van der Waals surface area (Å²) in [6.07, 6.45) is -1.27. The molecule has 0 spiro atoms. The first-order valence-electron chi connectivity index (χ1n) is 9.20. The molecule has 2 rings (SSSR count). The van der Waals surface area contributed by atoms with Gasteiger partial charge in [-0.2, -0.15) is 0 Å². The average molecular weight is 378 g/mol. The first kappa shape index (κ1) is 20.6. The standard InChI is InChI=1S/C20H31NO4Si/c1-11(2)9-21-10-15-13(4)19(26(5,6)7)17(18(23)20(24)25)12(3)14(15)8-16(21)22/h11,18,23H,8-10H2,1-7H3,(H,24,25)/t18-/m0/s1. The smallest absolute Gasteiger partial charge is 0.337 e. The molecule has 5 nitrogen and oxygen atoms in total. The maximum atomic E-state index is 12.6. The number of carboxylic acids is 1. The van der Waals surface area contributed by atoms with Crippen LogP contribution in [0.2, 0.25) is 19.6 Å². The molecular formula is C20H31NO4Si. The highest BCUT2D eigenvalue weighted by molar-refractivity contribution is 6.89. The van der Waals surface area contributed by atoms with Gasteiger partial charge >= 0.3 is 5.97 Å². The Labute approximate surface area is 157 Å². The van der Waals surface area contributed by atoms with Crippen molar-refractivity contribution in [2.75, 3.05) is 6.54 Å². The van der Waals surface area contributed by atoms with Crippen LogP contribution >= 0.6 is 0 Å². The molecule has 1 heterocycles. The normalized spacial score (nSPS) is 16.0. The van der Waals surface area contributed by atoms with Gasteiger partial charge in [0.2, 0.25) is 5.91 Å². The van der Waals surface area contributed by atoms with Gasteiger partial charge < -0.3 is 15.1 Å². The summed E-state index contributed by atoms with van der Waals surface area (Å²) < 4.78 is 0. The van der Waals surface area contributed by atoms with Crippen LogP contribution in [0.1, 0.15) is 47.8 Å². The fraction of sp³-hybridized carbons (Fsp3) is 0.600. The number of aliphatic hydroxyl groups is 1. The lowest BCUT2D eigenvalue weighted by molar-refractivity contribution is -0.146. The van der Waals surface area contributed by atoms with E-state index in [1.54, 1.807) is 0 Å². The van der Waals surface area contributed by atoms with Gasteiger partial charge in [0.25, 0.3) is 0 Å². The summed E-state index contributed by atoms with van der Waals surface area (Å²) >= 11 is 0. The Morgan fingerprint density at radius 3 is 2.19 bits per heavy atom. The zero-order valence-corrected chi connectivity index (χ0v) is 17.9. The highest BCUT2D eigenvalue weighted by Gasteiger charge is 2.36. The molecule has 1 aliphatic rings. The lowest BCUT2D eigenvalue weighted by Crippen LogP contribution is -2.47. The Morgan fingerprint density at radius 1 is 1.15 bits per heavy atom. The number of amides is 1. The second kappa shape index (κ2) is 7.16. The zero-order chi connectivity index (χ0) is 20.0. The summed E-state index contributed by atoms with van der Waals surface area (Å²) in [5.41, 5.74) is 4.39. The molecule has 1 amide bonds. The number of benzene rings is 1. The Kier molecular flexibility index (Phi) is 5.68. The third-order valence-electron chi connectivity index (χ3n) is 5.19. The van der Waals surface area contributed by atoms with E-state index < -0.39 is 20.1 Å². The van der Waals surface area contributed by atoms with Gasteiger partial charge in [0, 0.05) is 13.1 Å². The molecule has 0 unspecified atom stereocenters. The lowest BCUT2D eigenvalue weighted by Gasteiger charge is -2.36. The van der Waals surface area contributed by atoms with E-state index >= 15 is 0 Å². The monoisotopic (exact) mass is 377 g/mol. The molecule has 26 heavy (non-hydrogen) atoms. The summed E-state index contributed by atoms with van der Waals surface area (Å²) in [6.45, 7) is 15.9. The van der Waals surface area contributed by atoms with E-state index in [4.69, 9.17) is 0 Å². The first-order chi connectivity index (χ1) is 11.9. The van der Waals surface area contributed by atoms with Crippen molar-refractivity contribution in [1.82, 2.24) is 4.90 Å². The minimum absolute atomic E-state index is 0.0743. The number of fused-ring (bicyclic) bond motifs is 1. The summed E-state index contributed by atoms with van der Waals surface area (Å²) in [4.78, 5) is 26.1. The maximum Gasteiger partial charge on any atom is 0.337 e. The molecule has 6 heteroatoms. The molecule has 1 aromatic rings. The molecule has 0 fully saturated rings. The molecular weight excluding hydrogens is 346 g/mol. The molecule has 0 aromatic heterocycles. The minimum atomic E-state index is -1.92. The van der Waals surface area contributed by atoms with Crippen molar-refractivity contribution in [1.29, 1.82) is 0 Å². The van der Waals surface area contributed by atoms with Crippen LogP contribution in [0.25, 0.3) is 0 Å². The van der Waals surface area contributed by atoms with Crippen LogP contribution in [0.15, 0.2) is 0 Å². The van der Waals surface area contributed by atoms with Crippen molar-refractivity contribution in [2.45, 2.75) is 66.4 Å². The highest BCUT2D eigenvalue weighted by Crippen LogP contribution is 2.32. The number of hydrogen-bond donors (Lipinski definition) is 2. The van der Waals surface area contributed by atoms with Crippen LogP contribution in [-0.2, 0) is 22.6 Å². The number of hydrogen-bond acceptors (Lipinski definition) is 3.